The molecule has 0 aliphatic rings. The quantitative estimate of drug-likeness (QED) is 0.836. The van der Waals surface area contributed by atoms with Crippen molar-refractivity contribution in [1.29, 1.82) is 5.26 Å². The third-order valence-corrected chi connectivity index (χ3v) is 3.00. The maximum Gasteiger partial charge on any atom is 0.130 e. The van der Waals surface area contributed by atoms with E-state index >= 15 is 0 Å². The van der Waals surface area contributed by atoms with Crippen LogP contribution in [-0.2, 0) is 0 Å². The smallest absolute Gasteiger partial charge is 0.130 e. The summed E-state index contributed by atoms with van der Waals surface area (Å²) in [5.74, 6) is 0.737. The third kappa shape index (κ3) is 2.99. The van der Waals surface area contributed by atoms with Gasteiger partial charge in [-0.15, -0.1) is 11.8 Å². The van der Waals surface area contributed by atoms with E-state index in [2.05, 4.69) is 22.4 Å². The van der Waals surface area contributed by atoms with Gasteiger partial charge in [0.05, 0.1) is 5.56 Å². The Kier molecular flexibility index (Phi) is 3.63. The highest BCUT2D eigenvalue weighted by Crippen LogP contribution is 2.19. The average Bonchev–Trinajstić information content (AvgIpc) is 2.40. The number of pyridine rings is 1. The highest BCUT2D eigenvalue weighted by atomic mass is 32.2. The van der Waals surface area contributed by atoms with Gasteiger partial charge >= 0.3 is 0 Å². The molecule has 0 saturated carbocycles. The molecule has 1 aromatic carbocycles. The predicted octanol–water partition coefficient (Wildman–Crippen LogP) is 3.42. The van der Waals surface area contributed by atoms with Gasteiger partial charge < -0.3 is 5.32 Å². The predicted molar refractivity (Wildman–Crippen MR) is 70.5 cm³/mol. The van der Waals surface area contributed by atoms with Gasteiger partial charge in [0.2, 0.25) is 0 Å². The Balaban J connectivity index is 2.11. The van der Waals surface area contributed by atoms with Crippen molar-refractivity contribution in [3.8, 4) is 6.07 Å². The summed E-state index contributed by atoms with van der Waals surface area (Å²) in [6.07, 6.45) is 3.60. The summed E-state index contributed by atoms with van der Waals surface area (Å²) in [5, 5.41) is 11.8. The summed E-state index contributed by atoms with van der Waals surface area (Å²) in [6, 6.07) is 13.7. The number of anilines is 2. The van der Waals surface area contributed by atoms with Crippen LogP contribution in [0.3, 0.4) is 0 Å². The molecule has 1 heterocycles. The fourth-order valence-corrected chi connectivity index (χ4v) is 1.76. The summed E-state index contributed by atoms with van der Waals surface area (Å²) in [6.45, 7) is 0. The van der Waals surface area contributed by atoms with Crippen molar-refractivity contribution in [3.05, 3.63) is 48.2 Å². The van der Waals surface area contributed by atoms with Crippen LogP contribution in [0.2, 0.25) is 0 Å². The van der Waals surface area contributed by atoms with Gasteiger partial charge in [-0.3, -0.25) is 0 Å². The van der Waals surface area contributed by atoms with Crippen LogP contribution in [0.25, 0.3) is 0 Å². The van der Waals surface area contributed by atoms with E-state index < -0.39 is 0 Å². The maximum absolute atomic E-state index is 8.66. The van der Waals surface area contributed by atoms with Gasteiger partial charge in [-0.2, -0.15) is 5.26 Å². The Morgan fingerprint density at radius 1 is 1.18 bits per heavy atom. The molecule has 3 nitrogen and oxygen atoms in total. The van der Waals surface area contributed by atoms with Gasteiger partial charge in [0, 0.05) is 16.8 Å². The first-order valence-corrected chi connectivity index (χ1v) is 6.31. The molecule has 0 spiro atoms. The van der Waals surface area contributed by atoms with E-state index in [0.717, 1.165) is 11.5 Å². The number of thioether (sulfide) groups is 1. The van der Waals surface area contributed by atoms with Crippen molar-refractivity contribution in [3.63, 3.8) is 0 Å². The Labute approximate surface area is 105 Å². The van der Waals surface area contributed by atoms with Gasteiger partial charge in [-0.1, -0.05) is 0 Å². The molecule has 0 aliphatic carbocycles. The Bertz CT molecular complexity index is 526. The first kappa shape index (κ1) is 11.5. The zero-order valence-electron chi connectivity index (χ0n) is 9.34. The fourth-order valence-electron chi connectivity index (χ4n) is 1.36. The van der Waals surface area contributed by atoms with Crippen LogP contribution in [0.5, 0.6) is 0 Å². The number of hydrogen-bond acceptors (Lipinski definition) is 4. The molecule has 1 N–H and O–H groups in total. The SMILES string of the molecule is CSc1ccc(Nc2ccc(C#N)cn2)cc1. The van der Waals surface area contributed by atoms with E-state index in [1.807, 2.05) is 24.5 Å². The van der Waals surface area contributed by atoms with Crippen molar-refractivity contribution in [2.24, 2.45) is 0 Å². The minimum Gasteiger partial charge on any atom is -0.340 e. The minimum atomic E-state index is 0.563. The van der Waals surface area contributed by atoms with Crippen LogP contribution in [-0.4, -0.2) is 11.2 Å². The van der Waals surface area contributed by atoms with E-state index in [1.165, 1.54) is 4.90 Å². The number of nitrogens with zero attached hydrogens (tertiary/aromatic N) is 2. The standard InChI is InChI=1S/C13H11N3S/c1-17-12-5-3-11(4-6-12)16-13-7-2-10(8-14)9-15-13/h2-7,9H,1H3,(H,15,16). The van der Waals surface area contributed by atoms with Crippen LogP contribution in [0.4, 0.5) is 11.5 Å². The summed E-state index contributed by atoms with van der Waals surface area (Å²) in [7, 11) is 0. The normalized spacial score (nSPS) is 9.65. The summed E-state index contributed by atoms with van der Waals surface area (Å²) >= 11 is 1.71. The van der Waals surface area contributed by atoms with Crippen LogP contribution in [0.1, 0.15) is 5.56 Å². The van der Waals surface area contributed by atoms with E-state index in [9.17, 15) is 0 Å². The van der Waals surface area contributed by atoms with E-state index in [1.54, 1.807) is 30.1 Å². The Morgan fingerprint density at radius 2 is 1.94 bits per heavy atom. The summed E-state index contributed by atoms with van der Waals surface area (Å²) in [4.78, 5) is 5.37. The lowest BCUT2D eigenvalue weighted by molar-refractivity contribution is 1.28. The first-order valence-electron chi connectivity index (χ1n) is 5.09. The van der Waals surface area contributed by atoms with Crippen molar-refractivity contribution in [2.45, 2.75) is 4.90 Å². The van der Waals surface area contributed by atoms with Crippen molar-refractivity contribution in [2.75, 3.05) is 11.6 Å². The topological polar surface area (TPSA) is 48.7 Å². The molecular formula is C13H11N3S. The molecule has 0 saturated heterocycles. The minimum absolute atomic E-state index is 0.563. The second-order valence-electron chi connectivity index (χ2n) is 3.40. The molecule has 0 atom stereocenters. The van der Waals surface area contributed by atoms with Gasteiger partial charge in [0.25, 0.3) is 0 Å². The van der Waals surface area contributed by atoms with Crippen LogP contribution in [0.15, 0.2) is 47.5 Å². The van der Waals surface area contributed by atoms with Gasteiger partial charge in [0.1, 0.15) is 11.9 Å². The molecular weight excluding hydrogens is 230 g/mol. The monoisotopic (exact) mass is 241 g/mol. The maximum atomic E-state index is 8.66. The van der Waals surface area contributed by atoms with Crippen molar-refractivity contribution >= 4 is 23.3 Å². The Morgan fingerprint density at radius 3 is 2.47 bits per heavy atom. The highest BCUT2D eigenvalue weighted by molar-refractivity contribution is 7.98. The highest BCUT2D eigenvalue weighted by Gasteiger charge is 1.97. The lowest BCUT2D eigenvalue weighted by Crippen LogP contribution is -1.93. The number of aromatic nitrogens is 1. The average molecular weight is 241 g/mol. The van der Waals surface area contributed by atoms with Gasteiger partial charge in [-0.05, 0) is 42.7 Å². The lowest BCUT2D eigenvalue weighted by atomic mass is 10.3. The first-order chi connectivity index (χ1) is 8.31. The van der Waals surface area contributed by atoms with E-state index in [0.29, 0.717) is 5.56 Å². The molecule has 0 amide bonds. The molecule has 0 radical (unpaired) electrons. The zero-order valence-corrected chi connectivity index (χ0v) is 10.2. The van der Waals surface area contributed by atoms with Crippen LogP contribution in [0, 0.1) is 11.3 Å². The second kappa shape index (κ2) is 5.37. The van der Waals surface area contributed by atoms with Crippen LogP contribution >= 0.6 is 11.8 Å². The van der Waals surface area contributed by atoms with Crippen LogP contribution < -0.4 is 5.32 Å². The van der Waals surface area contributed by atoms with E-state index in [-0.39, 0.29) is 0 Å². The Hall–Kier alpha value is -1.99. The molecule has 84 valence electrons. The molecule has 0 aliphatic heterocycles. The van der Waals surface area contributed by atoms with E-state index in [4.69, 9.17) is 5.26 Å². The molecule has 0 unspecified atom stereocenters. The number of rotatable bonds is 3. The summed E-state index contributed by atoms with van der Waals surface area (Å²) in [5.41, 5.74) is 1.55. The molecule has 2 rings (SSSR count). The molecule has 2 aromatic rings. The lowest BCUT2D eigenvalue weighted by Gasteiger charge is -2.05. The van der Waals surface area contributed by atoms with Crippen molar-refractivity contribution < 1.29 is 0 Å². The molecule has 17 heavy (non-hydrogen) atoms. The number of nitrogens with one attached hydrogen (secondary N) is 1. The zero-order chi connectivity index (χ0) is 12.1. The third-order valence-electron chi connectivity index (χ3n) is 2.26. The van der Waals surface area contributed by atoms with Gasteiger partial charge in [-0.25, -0.2) is 4.98 Å². The largest absolute Gasteiger partial charge is 0.340 e. The molecule has 4 heteroatoms. The summed E-state index contributed by atoms with van der Waals surface area (Å²) < 4.78 is 0. The van der Waals surface area contributed by atoms with Crippen molar-refractivity contribution in [1.82, 2.24) is 4.98 Å². The van der Waals surface area contributed by atoms with Gasteiger partial charge in [0.15, 0.2) is 0 Å². The fraction of sp³-hybridized carbons (Fsp3) is 0.0769. The number of benzene rings is 1. The molecule has 1 aromatic heterocycles. The molecule has 0 fully saturated rings. The second-order valence-corrected chi connectivity index (χ2v) is 4.28. The number of nitriles is 1. The molecule has 0 bridgehead atoms. The number of hydrogen-bond donors (Lipinski definition) is 1.